The van der Waals surface area contributed by atoms with Crippen LogP contribution in [0.3, 0.4) is 0 Å². The molecule has 0 aliphatic carbocycles. The highest BCUT2D eigenvalue weighted by Gasteiger charge is 1.74. The molecule has 0 aromatic carbocycles. The van der Waals surface area contributed by atoms with Crippen molar-refractivity contribution in [3.8, 4) is 0 Å². The zero-order chi connectivity index (χ0) is 4.41. The quantitative estimate of drug-likeness (QED) is 0.456. The minimum absolute atomic E-state index is 0.981. The maximum atomic E-state index is 4.00. The largest absolute Gasteiger partial charge is 0.367 e. The van der Waals surface area contributed by atoms with Crippen LogP contribution in [-0.4, -0.2) is 4.98 Å². The lowest BCUT2D eigenvalue weighted by Crippen LogP contribution is -1.43. The summed E-state index contributed by atoms with van der Waals surface area (Å²) in [6.45, 7) is 0. The molecule has 0 spiro atoms. The summed E-state index contributed by atoms with van der Waals surface area (Å²) in [6, 6.07) is 1.89. The van der Waals surface area contributed by atoms with Crippen molar-refractivity contribution in [2.45, 2.75) is 4.90 Å². The van der Waals surface area contributed by atoms with E-state index in [0.29, 0.717) is 0 Å². The monoisotopic (exact) mass is 99.0 g/mol. The molecule has 1 nitrogen and oxygen atoms in total. The van der Waals surface area contributed by atoms with Gasteiger partial charge in [0.05, 0.1) is 0 Å². The van der Waals surface area contributed by atoms with Gasteiger partial charge >= 0.3 is 0 Å². The fourth-order valence-corrected chi connectivity index (χ4v) is 0.464. The zero-order valence-corrected chi connectivity index (χ0v) is 4.07. The van der Waals surface area contributed by atoms with E-state index in [9.17, 15) is 0 Å². The minimum Gasteiger partial charge on any atom is -0.367 e. The first-order chi connectivity index (χ1) is 2.89. The molecule has 1 N–H and O–H groups in total. The standard InChI is InChI=1S/C4H5NS/c6-4-1-2-5-3-4/h1-3,5-6H. The van der Waals surface area contributed by atoms with Crippen molar-refractivity contribution >= 4 is 12.6 Å². The molecule has 0 unspecified atom stereocenters. The van der Waals surface area contributed by atoms with Crippen LogP contribution in [0.5, 0.6) is 0 Å². The molecule has 1 aromatic heterocycles. The van der Waals surface area contributed by atoms with E-state index >= 15 is 0 Å². The van der Waals surface area contributed by atoms with Crippen molar-refractivity contribution in [2.24, 2.45) is 0 Å². The summed E-state index contributed by atoms with van der Waals surface area (Å²) in [5, 5.41) is 0. The van der Waals surface area contributed by atoms with Gasteiger partial charge in [-0.1, -0.05) is 0 Å². The van der Waals surface area contributed by atoms with Gasteiger partial charge in [-0.05, 0) is 6.07 Å². The van der Waals surface area contributed by atoms with E-state index in [-0.39, 0.29) is 0 Å². The number of rotatable bonds is 0. The summed E-state index contributed by atoms with van der Waals surface area (Å²) in [4.78, 5) is 3.83. The molecule has 0 fully saturated rings. The van der Waals surface area contributed by atoms with E-state index in [4.69, 9.17) is 0 Å². The van der Waals surface area contributed by atoms with Gasteiger partial charge in [-0.15, -0.1) is 12.6 Å². The Balaban J connectivity index is 3.05. The summed E-state index contributed by atoms with van der Waals surface area (Å²) < 4.78 is 0. The number of aromatic amines is 1. The molecule has 1 rings (SSSR count). The van der Waals surface area contributed by atoms with Crippen molar-refractivity contribution in [1.82, 2.24) is 4.98 Å². The molecule has 0 amide bonds. The third kappa shape index (κ3) is 0.571. The number of aromatic nitrogens is 1. The van der Waals surface area contributed by atoms with Crippen LogP contribution in [0.25, 0.3) is 0 Å². The van der Waals surface area contributed by atoms with Gasteiger partial charge in [0.2, 0.25) is 0 Å². The normalized spacial score (nSPS) is 8.83. The van der Waals surface area contributed by atoms with Crippen molar-refractivity contribution in [3.63, 3.8) is 0 Å². The molecule has 0 aliphatic heterocycles. The van der Waals surface area contributed by atoms with Gasteiger partial charge in [-0.3, -0.25) is 0 Å². The van der Waals surface area contributed by atoms with Gasteiger partial charge in [0, 0.05) is 17.3 Å². The van der Waals surface area contributed by atoms with Crippen LogP contribution in [0, 0.1) is 0 Å². The predicted molar refractivity (Wildman–Crippen MR) is 28.0 cm³/mol. The van der Waals surface area contributed by atoms with Crippen molar-refractivity contribution in [3.05, 3.63) is 18.5 Å². The molecule has 6 heavy (non-hydrogen) atoms. The van der Waals surface area contributed by atoms with E-state index in [1.54, 1.807) is 0 Å². The molecule has 0 atom stereocenters. The van der Waals surface area contributed by atoms with Gasteiger partial charge in [0.25, 0.3) is 0 Å². The highest BCUT2D eigenvalue weighted by molar-refractivity contribution is 7.80. The fraction of sp³-hybridized carbons (Fsp3) is 0. The third-order valence-electron chi connectivity index (χ3n) is 0.582. The second kappa shape index (κ2) is 1.39. The smallest absolute Gasteiger partial charge is 0.0215 e. The maximum absolute atomic E-state index is 4.00. The molecule has 0 radical (unpaired) electrons. The number of nitrogens with one attached hydrogen (secondary N) is 1. The molecule has 0 saturated heterocycles. The summed E-state index contributed by atoms with van der Waals surface area (Å²) in [7, 11) is 0. The SMILES string of the molecule is Sc1cc[nH]c1. The van der Waals surface area contributed by atoms with Crippen molar-refractivity contribution in [1.29, 1.82) is 0 Å². The Bertz CT molecular complexity index is 111. The molecule has 1 heterocycles. The fourth-order valence-electron chi connectivity index (χ4n) is 0.315. The lowest BCUT2D eigenvalue weighted by atomic mass is 10.7. The average molecular weight is 99.2 g/mol. The summed E-state index contributed by atoms with van der Waals surface area (Å²) >= 11 is 4.00. The van der Waals surface area contributed by atoms with E-state index < -0.39 is 0 Å². The number of thiol groups is 1. The van der Waals surface area contributed by atoms with Crippen molar-refractivity contribution < 1.29 is 0 Å². The predicted octanol–water partition coefficient (Wildman–Crippen LogP) is 1.30. The van der Waals surface area contributed by atoms with Gasteiger partial charge in [0.15, 0.2) is 0 Å². The lowest BCUT2D eigenvalue weighted by molar-refractivity contribution is 1.38. The van der Waals surface area contributed by atoms with Crippen LogP contribution in [0.4, 0.5) is 0 Å². The molecule has 0 bridgehead atoms. The Morgan fingerprint density at radius 3 is 2.67 bits per heavy atom. The van der Waals surface area contributed by atoms with E-state index in [1.807, 2.05) is 18.5 Å². The second-order valence-electron chi connectivity index (χ2n) is 1.07. The Hall–Kier alpha value is -0.370. The molecule has 0 saturated carbocycles. The number of H-pyrrole nitrogens is 1. The Morgan fingerprint density at radius 2 is 2.50 bits per heavy atom. The van der Waals surface area contributed by atoms with Crippen LogP contribution in [-0.2, 0) is 0 Å². The van der Waals surface area contributed by atoms with Crippen molar-refractivity contribution in [2.75, 3.05) is 0 Å². The highest BCUT2D eigenvalue weighted by atomic mass is 32.1. The van der Waals surface area contributed by atoms with E-state index in [1.165, 1.54) is 0 Å². The van der Waals surface area contributed by atoms with Crippen LogP contribution < -0.4 is 0 Å². The van der Waals surface area contributed by atoms with Crippen LogP contribution in [0.2, 0.25) is 0 Å². The van der Waals surface area contributed by atoms with Crippen LogP contribution >= 0.6 is 12.6 Å². The minimum atomic E-state index is 0.981. The van der Waals surface area contributed by atoms with E-state index in [2.05, 4.69) is 17.6 Å². The summed E-state index contributed by atoms with van der Waals surface area (Å²) in [5.74, 6) is 0. The summed E-state index contributed by atoms with van der Waals surface area (Å²) in [5.41, 5.74) is 0. The highest BCUT2D eigenvalue weighted by Crippen LogP contribution is 1.98. The first-order valence-corrected chi connectivity index (χ1v) is 2.16. The topological polar surface area (TPSA) is 15.8 Å². The van der Waals surface area contributed by atoms with Crippen LogP contribution in [0.1, 0.15) is 0 Å². The number of hydrogen-bond acceptors (Lipinski definition) is 1. The summed E-state index contributed by atoms with van der Waals surface area (Å²) in [6.07, 6.45) is 3.66. The molecular formula is C4H5NS. The molecule has 32 valence electrons. The van der Waals surface area contributed by atoms with E-state index in [0.717, 1.165) is 4.90 Å². The zero-order valence-electron chi connectivity index (χ0n) is 3.18. The molecule has 2 heteroatoms. The van der Waals surface area contributed by atoms with Crippen LogP contribution in [0.15, 0.2) is 23.4 Å². The van der Waals surface area contributed by atoms with Gasteiger partial charge in [-0.25, -0.2) is 0 Å². The Labute approximate surface area is 41.8 Å². The third-order valence-corrected chi connectivity index (χ3v) is 0.860. The van der Waals surface area contributed by atoms with Gasteiger partial charge in [-0.2, -0.15) is 0 Å². The molecule has 1 aromatic rings. The maximum Gasteiger partial charge on any atom is 0.0215 e. The second-order valence-corrected chi connectivity index (χ2v) is 1.59. The first-order valence-electron chi connectivity index (χ1n) is 1.71. The molecule has 0 aliphatic rings. The average Bonchev–Trinajstić information content (AvgIpc) is 1.86. The molecular weight excluding hydrogens is 94.1 g/mol. The van der Waals surface area contributed by atoms with Gasteiger partial charge < -0.3 is 4.98 Å². The van der Waals surface area contributed by atoms with Gasteiger partial charge in [0.1, 0.15) is 0 Å². The Kier molecular flexibility index (Phi) is 0.881. The first kappa shape index (κ1) is 3.81. The Morgan fingerprint density at radius 1 is 1.67 bits per heavy atom. The number of hydrogen-bond donors (Lipinski definition) is 2. The lowest BCUT2D eigenvalue weighted by Gasteiger charge is -1.64.